The van der Waals surface area contributed by atoms with Crippen LogP contribution in [-0.4, -0.2) is 19.8 Å². The highest BCUT2D eigenvalue weighted by Crippen LogP contribution is 2.35. The summed E-state index contributed by atoms with van der Waals surface area (Å²) in [6.45, 7) is 2.50. The molecule has 0 saturated heterocycles. The Hall–Kier alpha value is -0.750. The molecule has 17 heavy (non-hydrogen) atoms. The first-order valence-electron chi connectivity index (χ1n) is 5.39. The second-order valence-electron chi connectivity index (χ2n) is 3.62. The second-order valence-corrected chi connectivity index (χ2v) is 4.57. The summed E-state index contributed by atoms with van der Waals surface area (Å²) in [5.74, 6) is 0.656. The highest BCUT2D eigenvalue weighted by Gasteiger charge is 2.29. The van der Waals surface area contributed by atoms with Crippen LogP contribution in [0.15, 0.2) is 11.4 Å². The molecule has 0 spiro atoms. The van der Waals surface area contributed by atoms with E-state index in [1.807, 2.05) is 12.3 Å². The molecular weight excluding hydrogens is 251 g/mol. The molecule has 1 rings (SSSR count). The van der Waals surface area contributed by atoms with E-state index in [2.05, 4.69) is 5.32 Å². The quantitative estimate of drug-likeness (QED) is 0.847. The number of alkyl halides is 3. The van der Waals surface area contributed by atoms with Gasteiger partial charge in [0.25, 0.3) is 0 Å². The van der Waals surface area contributed by atoms with Gasteiger partial charge in [0.05, 0.1) is 12.0 Å². The summed E-state index contributed by atoms with van der Waals surface area (Å²) in [6.07, 6.45) is -4.86. The number of methoxy groups -OCH3 is 1. The topological polar surface area (TPSA) is 21.3 Å². The minimum atomic E-state index is -4.11. The van der Waals surface area contributed by atoms with Gasteiger partial charge in [-0.15, -0.1) is 11.3 Å². The monoisotopic (exact) mass is 267 g/mol. The van der Waals surface area contributed by atoms with Gasteiger partial charge in [0.1, 0.15) is 5.75 Å². The van der Waals surface area contributed by atoms with Crippen molar-refractivity contribution >= 4 is 11.3 Å². The number of halogens is 3. The van der Waals surface area contributed by atoms with Crippen LogP contribution in [0.1, 0.15) is 30.7 Å². The number of ether oxygens (including phenoxy) is 1. The fourth-order valence-electron chi connectivity index (χ4n) is 1.61. The molecule has 0 fully saturated rings. The average molecular weight is 267 g/mol. The molecule has 1 heterocycles. The Morgan fingerprint density at radius 3 is 2.71 bits per heavy atom. The molecule has 0 amide bonds. The maximum atomic E-state index is 12.2. The molecule has 1 unspecified atom stereocenters. The summed E-state index contributed by atoms with van der Waals surface area (Å²) in [6, 6.07) is 1.48. The van der Waals surface area contributed by atoms with Crippen molar-refractivity contribution in [1.82, 2.24) is 5.32 Å². The number of nitrogens with one attached hydrogen (secondary N) is 1. The van der Waals surface area contributed by atoms with Crippen molar-refractivity contribution in [2.24, 2.45) is 0 Å². The third-order valence-corrected chi connectivity index (χ3v) is 3.37. The molecule has 0 aliphatic carbocycles. The lowest BCUT2D eigenvalue weighted by molar-refractivity contribution is -0.136. The van der Waals surface area contributed by atoms with E-state index in [9.17, 15) is 13.2 Å². The molecular formula is C11H16F3NOS. The van der Waals surface area contributed by atoms with Crippen LogP contribution in [0.25, 0.3) is 0 Å². The van der Waals surface area contributed by atoms with Crippen LogP contribution in [0.5, 0.6) is 5.75 Å². The van der Waals surface area contributed by atoms with Crippen molar-refractivity contribution in [3.8, 4) is 5.75 Å². The molecule has 98 valence electrons. The molecule has 6 heteroatoms. The summed E-state index contributed by atoms with van der Waals surface area (Å²) in [7, 11) is 1.53. The normalized spacial score (nSPS) is 13.7. The van der Waals surface area contributed by atoms with Crippen molar-refractivity contribution in [2.45, 2.75) is 32.0 Å². The van der Waals surface area contributed by atoms with E-state index >= 15 is 0 Å². The van der Waals surface area contributed by atoms with Crippen LogP contribution in [0.2, 0.25) is 0 Å². The van der Waals surface area contributed by atoms with Crippen molar-refractivity contribution in [1.29, 1.82) is 0 Å². The van der Waals surface area contributed by atoms with Gasteiger partial charge in [-0.1, -0.05) is 6.92 Å². The van der Waals surface area contributed by atoms with Crippen LogP contribution in [0.4, 0.5) is 13.2 Å². The van der Waals surface area contributed by atoms with E-state index in [1.54, 1.807) is 6.07 Å². The van der Waals surface area contributed by atoms with Gasteiger partial charge in [0, 0.05) is 12.5 Å². The Bertz CT molecular complexity index is 338. The second kappa shape index (κ2) is 6.26. The molecule has 0 saturated carbocycles. The third kappa shape index (κ3) is 4.55. The molecule has 0 bridgehead atoms. The Labute approximate surface area is 103 Å². The Morgan fingerprint density at radius 2 is 2.18 bits per heavy atom. The van der Waals surface area contributed by atoms with Crippen molar-refractivity contribution in [2.75, 3.05) is 13.7 Å². The first-order valence-corrected chi connectivity index (χ1v) is 6.27. The summed E-state index contributed by atoms with van der Waals surface area (Å²) >= 11 is 1.42. The van der Waals surface area contributed by atoms with Gasteiger partial charge in [-0.2, -0.15) is 13.2 Å². The smallest absolute Gasteiger partial charge is 0.389 e. The summed E-state index contributed by atoms with van der Waals surface area (Å²) in [5, 5.41) is 4.89. The van der Waals surface area contributed by atoms with Crippen LogP contribution in [-0.2, 0) is 0 Å². The summed E-state index contributed by atoms with van der Waals surface area (Å²) in [4.78, 5) is 0.832. The van der Waals surface area contributed by atoms with Gasteiger partial charge in [-0.25, -0.2) is 0 Å². The van der Waals surface area contributed by atoms with Crippen molar-refractivity contribution < 1.29 is 17.9 Å². The molecule has 0 aromatic carbocycles. The molecule has 0 radical (unpaired) electrons. The number of hydrogen-bond donors (Lipinski definition) is 1. The molecule has 0 aliphatic rings. The van der Waals surface area contributed by atoms with Gasteiger partial charge in [0.15, 0.2) is 0 Å². The average Bonchev–Trinajstić information content (AvgIpc) is 2.70. The molecule has 2 nitrogen and oxygen atoms in total. The van der Waals surface area contributed by atoms with E-state index in [-0.39, 0.29) is 12.5 Å². The summed E-state index contributed by atoms with van der Waals surface area (Å²) in [5.41, 5.74) is 0. The van der Waals surface area contributed by atoms with E-state index in [4.69, 9.17) is 4.74 Å². The van der Waals surface area contributed by atoms with E-state index in [0.717, 1.165) is 4.88 Å². The molecule has 1 N–H and O–H groups in total. The standard InChI is InChI=1S/C11H16F3NOS/c1-3-15-8(4-6-11(12,13)14)10-9(16-2)5-7-17-10/h5,7-8,15H,3-4,6H2,1-2H3. The predicted octanol–water partition coefficient (Wildman–Crippen LogP) is 3.75. The highest BCUT2D eigenvalue weighted by molar-refractivity contribution is 7.10. The largest absolute Gasteiger partial charge is 0.496 e. The zero-order valence-electron chi connectivity index (χ0n) is 9.80. The molecule has 0 aliphatic heterocycles. The fraction of sp³-hybridized carbons (Fsp3) is 0.636. The maximum Gasteiger partial charge on any atom is 0.389 e. The third-order valence-electron chi connectivity index (χ3n) is 2.36. The van der Waals surface area contributed by atoms with Crippen LogP contribution < -0.4 is 10.1 Å². The Balaban J connectivity index is 2.71. The SMILES string of the molecule is CCNC(CCC(F)(F)F)c1sccc1OC. The molecule has 1 aromatic heterocycles. The van der Waals surface area contributed by atoms with Crippen LogP contribution in [0.3, 0.4) is 0 Å². The Morgan fingerprint density at radius 1 is 1.47 bits per heavy atom. The highest BCUT2D eigenvalue weighted by atomic mass is 32.1. The number of rotatable bonds is 6. The number of thiophene rings is 1. The first-order chi connectivity index (χ1) is 7.98. The fourth-order valence-corrected chi connectivity index (χ4v) is 2.58. The minimum Gasteiger partial charge on any atom is -0.496 e. The van der Waals surface area contributed by atoms with Gasteiger partial charge in [-0.3, -0.25) is 0 Å². The van der Waals surface area contributed by atoms with Gasteiger partial charge < -0.3 is 10.1 Å². The lowest BCUT2D eigenvalue weighted by Crippen LogP contribution is -2.22. The van der Waals surface area contributed by atoms with Crippen molar-refractivity contribution in [3.63, 3.8) is 0 Å². The van der Waals surface area contributed by atoms with Crippen molar-refractivity contribution in [3.05, 3.63) is 16.3 Å². The van der Waals surface area contributed by atoms with Gasteiger partial charge >= 0.3 is 6.18 Å². The lowest BCUT2D eigenvalue weighted by Gasteiger charge is -2.18. The molecule has 1 aromatic rings. The van der Waals surface area contributed by atoms with E-state index < -0.39 is 12.6 Å². The number of hydrogen-bond acceptors (Lipinski definition) is 3. The predicted molar refractivity (Wildman–Crippen MR) is 62.6 cm³/mol. The van der Waals surface area contributed by atoms with Gasteiger partial charge in [-0.05, 0) is 24.4 Å². The van der Waals surface area contributed by atoms with E-state index in [0.29, 0.717) is 12.3 Å². The maximum absolute atomic E-state index is 12.2. The first kappa shape index (κ1) is 14.3. The zero-order chi connectivity index (χ0) is 12.9. The van der Waals surface area contributed by atoms with E-state index in [1.165, 1.54) is 18.4 Å². The van der Waals surface area contributed by atoms with Crippen LogP contribution >= 0.6 is 11.3 Å². The zero-order valence-corrected chi connectivity index (χ0v) is 10.6. The summed E-state index contributed by atoms with van der Waals surface area (Å²) < 4.78 is 41.8. The Kier molecular flexibility index (Phi) is 5.27. The van der Waals surface area contributed by atoms with Gasteiger partial charge in [0.2, 0.25) is 0 Å². The van der Waals surface area contributed by atoms with Crippen LogP contribution in [0, 0.1) is 0 Å². The minimum absolute atomic E-state index is 0.0359. The lowest BCUT2D eigenvalue weighted by atomic mass is 10.1. The molecule has 1 atom stereocenters.